The lowest BCUT2D eigenvalue weighted by Crippen LogP contribution is -2.21. The smallest absolute Gasteiger partial charge is 0.326 e. The molecule has 0 aromatic heterocycles. The topological polar surface area (TPSA) is 95.2 Å². The number of carboxylic acid groups (broad SMARTS) is 1. The number of hydrogen-bond acceptors (Lipinski definition) is 4. The Hall–Kier alpha value is -1.58. The van der Waals surface area contributed by atoms with Gasteiger partial charge in [-0.25, -0.2) is 8.42 Å². The van der Waals surface area contributed by atoms with Gasteiger partial charge in [-0.2, -0.15) is 5.26 Å². The lowest BCUT2D eigenvalue weighted by Gasteiger charge is -2.02. The van der Waals surface area contributed by atoms with Gasteiger partial charge in [0.25, 0.3) is 0 Å². The minimum atomic E-state index is -3.64. The lowest BCUT2D eigenvalue weighted by molar-refractivity contribution is -0.141. The fraction of sp³-hybridized carbons (Fsp3) is 0.333. The predicted octanol–water partition coefficient (Wildman–Crippen LogP) is 1.44. The summed E-state index contributed by atoms with van der Waals surface area (Å²) in [5.74, 6) is -2.27. The van der Waals surface area contributed by atoms with Crippen LogP contribution in [0.3, 0.4) is 0 Å². The van der Waals surface area contributed by atoms with Gasteiger partial charge in [0.15, 0.2) is 15.3 Å². The zero-order valence-electron chi connectivity index (χ0n) is 9.87. The van der Waals surface area contributed by atoms with Crippen LogP contribution >= 0.6 is 11.6 Å². The van der Waals surface area contributed by atoms with E-state index in [9.17, 15) is 18.3 Å². The fourth-order valence-corrected chi connectivity index (χ4v) is 4.37. The third kappa shape index (κ3) is 1.99. The van der Waals surface area contributed by atoms with Crippen molar-refractivity contribution in [2.45, 2.75) is 11.2 Å². The summed E-state index contributed by atoms with van der Waals surface area (Å²) in [6.07, 6.45) is 0.947. The third-order valence-corrected chi connectivity index (χ3v) is 5.18. The second-order valence-electron chi connectivity index (χ2n) is 4.57. The number of benzene rings is 1. The highest BCUT2D eigenvalue weighted by atomic mass is 35.5. The molecule has 5 nitrogen and oxygen atoms in total. The maximum absolute atomic E-state index is 11.7. The molecule has 7 heteroatoms. The SMILES string of the molecule is CS(=O)(=O)[C@@H]1[C@H](c2ccc(Cl)cc2)[C@]1(C#N)C(=O)O. The summed E-state index contributed by atoms with van der Waals surface area (Å²) in [6.45, 7) is 0. The summed E-state index contributed by atoms with van der Waals surface area (Å²) in [7, 11) is -3.64. The van der Waals surface area contributed by atoms with Crippen LogP contribution < -0.4 is 0 Å². The highest BCUT2D eigenvalue weighted by Crippen LogP contribution is 2.62. The van der Waals surface area contributed by atoms with Crippen LogP contribution in [0.25, 0.3) is 0 Å². The number of nitrogens with zero attached hydrogens (tertiary/aromatic N) is 1. The molecule has 1 aliphatic carbocycles. The standard InChI is InChI=1S/C12H10ClNO4S/c1-19(17,18)10-9(12(10,6-14)11(15)16)7-2-4-8(13)5-3-7/h2-5,9-10H,1H3,(H,15,16)/t9-,10+,12-/m0/s1. The van der Waals surface area contributed by atoms with Crippen LogP contribution in [0.4, 0.5) is 0 Å². The summed E-state index contributed by atoms with van der Waals surface area (Å²) in [5.41, 5.74) is -1.41. The molecule has 0 saturated heterocycles. The van der Waals surface area contributed by atoms with Crippen molar-refractivity contribution in [2.75, 3.05) is 6.26 Å². The second-order valence-corrected chi connectivity index (χ2v) is 7.17. The molecule has 2 rings (SSSR count). The number of nitriles is 1. The molecule has 1 fully saturated rings. The van der Waals surface area contributed by atoms with Gasteiger partial charge in [0.05, 0.1) is 6.07 Å². The number of carboxylic acids is 1. The molecule has 1 aliphatic rings. The molecule has 1 N–H and O–H groups in total. The summed E-state index contributed by atoms with van der Waals surface area (Å²) in [4.78, 5) is 11.3. The maximum Gasteiger partial charge on any atom is 0.326 e. The van der Waals surface area contributed by atoms with Gasteiger partial charge in [0.2, 0.25) is 0 Å². The van der Waals surface area contributed by atoms with Crippen molar-refractivity contribution in [2.24, 2.45) is 5.41 Å². The van der Waals surface area contributed by atoms with Crippen LogP contribution in [0.2, 0.25) is 5.02 Å². The van der Waals surface area contributed by atoms with Crippen LogP contribution in [0.15, 0.2) is 24.3 Å². The number of aliphatic carboxylic acids is 1. The Morgan fingerprint density at radius 2 is 1.95 bits per heavy atom. The molecule has 0 aliphatic heterocycles. The van der Waals surface area contributed by atoms with E-state index in [1.54, 1.807) is 30.3 Å². The van der Waals surface area contributed by atoms with Gasteiger partial charge in [-0.15, -0.1) is 0 Å². The van der Waals surface area contributed by atoms with E-state index in [2.05, 4.69) is 0 Å². The zero-order chi connectivity index (χ0) is 14.4. The molecule has 1 aromatic rings. The van der Waals surface area contributed by atoms with E-state index in [-0.39, 0.29) is 0 Å². The van der Waals surface area contributed by atoms with Gasteiger partial charge in [-0.05, 0) is 17.7 Å². The van der Waals surface area contributed by atoms with Gasteiger partial charge >= 0.3 is 5.97 Å². The largest absolute Gasteiger partial charge is 0.480 e. The number of hydrogen-bond donors (Lipinski definition) is 1. The average molecular weight is 300 g/mol. The summed E-state index contributed by atoms with van der Waals surface area (Å²) < 4.78 is 23.4. The van der Waals surface area contributed by atoms with Crippen molar-refractivity contribution in [1.82, 2.24) is 0 Å². The Labute approximate surface area is 115 Å². The first-order valence-corrected chi connectivity index (χ1v) is 7.67. The van der Waals surface area contributed by atoms with E-state index in [1.165, 1.54) is 0 Å². The molecule has 0 amide bonds. The summed E-state index contributed by atoms with van der Waals surface area (Å²) in [6, 6.07) is 7.84. The molecular weight excluding hydrogens is 290 g/mol. The number of carbonyl (C=O) groups is 1. The van der Waals surface area contributed by atoms with Crippen molar-refractivity contribution in [1.29, 1.82) is 5.26 Å². The first-order valence-electron chi connectivity index (χ1n) is 5.34. The summed E-state index contributed by atoms with van der Waals surface area (Å²) >= 11 is 5.73. The molecule has 3 atom stereocenters. The van der Waals surface area contributed by atoms with Gasteiger partial charge in [-0.1, -0.05) is 23.7 Å². The van der Waals surface area contributed by atoms with Crippen molar-refractivity contribution < 1.29 is 18.3 Å². The molecule has 0 heterocycles. The molecule has 0 radical (unpaired) electrons. The van der Waals surface area contributed by atoms with Crippen molar-refractivity contribution in [3.05, 3.63) is 34.9 Å². The van der Waals surface area contributed by atoms with Crippen molar-refractivity contribution in [3.63, 3.8) is 0 Å². The Morgan fingerprint density at radius 3 is 2.26 bits per heavy atom. The summed E-state index contributed by atoms with van der Waals surface area (Å²) in [5, 5.41) is 17.6. The average Bonchev–Trinajstić information content (AvgIpc) is 3.00. The van der Waals surface area contributed by atoms with Crippen LogP contribution in [-0.2, 0) is 14.6 Å². The van der Waals surface area contributed by atoms with Gasteiger partial charge in [0.1, 0.15) is 5.25 Å². The number of rotatable bonds is 3. The second kappa shape index (κ2) is 4.22. The highest BCUT2D eigenvalue weighted by molar-refractivity contribution is 7.91. The quantitative estimate of drug-likeness (QED) is 0.911. The van der Waals surface area contributed by atoms with Crippen molar-refractivity contribution in [3.8, 4) is 6.07 Å². The minimum Gasteiger partial charge on any atom is -0.480 e. The van der Waals surface area contributed by atoms with Crippen LogP contribution in [-0.4, -0.2) is 31.0 Å². The molecule has 0 unspecified atom stereocenters. The number of halogens is 1. The first-order chi connectivity index (χ1) is 8.75. The zero-order valence-corrected chi connectivity index (χ0v) is 11.4. The molecule has 100 valence electrons. The third-order valence-electron chi connectivity index (χ3n) is 3.36. The Bertz CT molecular complexity index is 677. The molecular formula is C12H10ClNO4S. The number of sulfone groups is 1. The van der Waals surface area contributed by atoms with E-state index < -0.39 is 32.4 Å². The molecule has 0 spiro atoms. The fourth-order valence-electron chi connectivity index (χ4n) is 2.48. The Morgan fingerprint density at radius 1 is 1.42 bits per heavy atom. The van der Waals surface area contributed by atoms with Gasteiger partial charge < -0.3 is 5.11 Å². The van der Waals surface area contributed by atoms with E-state index in [1.807, 2.05) is 0 Å². The van der Waals surface area contributed by atoms with Crippen LogP contribution in [0, 0.1) is 16.7 Å². The van der Waals surface area contributed by atoms with E-state index >= 15 is 0 Å². The molecule has 1 saturated carbocycles. The maximum atomic E-state index is 11.7. The lowest BCUT2D eigenvalue weighted by atomic mass is 10.0. The van der Waals surface area contributed by atoms with Crippen LogP contribution in [0.5, 0.6) is 0 Å². The monoisotopic (exact) mass is 299 g/mol. The molecule has 19 heavy (non-hydrogen) atoms. The van der Waals surface area contributed by atoms with E-state index in [0.29, 0.717) is 10.6 Å². The van der Waals surface area contributed by atoms with Crippen LogP contribution in [0.1, 0.15) is 11.5 Å². The van der Waals surface area contributed by atoms with E-state index in [4.69, 9.17) is 16.9 Å². The van der Waals surface area contributed by atoms with Gasteiger partial charge in [-0.3, -0.25) is 4.79 Å². The molecule has 0 bridgehead atoms. The predicted molar refractivity (Wildman–Crippen MR) is 68.5 cm³/mol. The van der Waals surface area contributed by atoms with E-state index in [0.717, 1.165) is 6.26 Å². The highest BCUT2D eigenvalue weighted by Gasteiger charge is 2.76. The van der Waals surface area contributed by atoms with Gasteiger partial charge in [0, 0.05) is 17.2 Å². The van der Waals surface area contributed by atoms with Crippen molar-refractivity contribution >= 4 is 27.4 Å². The first kappa shape index (κ1) is 13.8. The minimum absolute atomic E-state index is 0.457. The molecule has 1 aromatic carbocycles. The normalized spacial score (nSPS) is 29.5. The Balaban J connectivity index is 2.54. The Kier molecular flexibility index (Phi) is 3.07.